The van der Waals surface area contributed by atoms with Crippen molar-refractivity contribution in [3.05, 3.63) is 69.7 Å². The smallest absolute Gasteiger partial charge is 0.315 e. The van der Waals surface area contributed by atoms with E-state index in [0.29, 0.717) is 5.56 Å². The number of carbonyl (C=O) groups is 2. The van der Waals surface area contributed by atoms with Crippen molar-refractivity contribution in [2.45, 2.75) is 25.7 Å². The molecule has 2 rings (SSSR count). The van der Waals surface area contributed by atoms with Gasteiger partial charge in [0.25, 0.3) is 0 Å². The summed E-state index contributed by atoms with van der Waals surface area (Å²) in [5, 5.41) is 12.3. The van der Waals surface area contributed by atoms with Crippen LogP contribution in [-0.2, 0) is 21.4 Å². The van der Waals surface area contributed by atoms with E-state index in [1.807, 2.05) is 31.2 Å². The van der Waals surface area contributed by atoms with Crippen LogP contribution in [0.5, 0.6) is 0 Å². The second-order valence-corrected chi connectivity index (χ2v) is 6.89. The van der Waals surface area contributed by atoms with Crippen molar-refractivity contribution in [1.82, 2.24) is 5.32 Å². The summed E-state index contributed by atoms with van der Waals surface area (Å²) in [4.78, 5) is 23.9. The van der Waals surface area contributed by atoms with Crippen LogP contribution < -0.4 is 5.32 Å². The first kappa shape index (κ1) is 18.2. The first-order valence-electron chi connectivity index (χ1n) is 7.63. The molecule has 0 aliphatic carbocycles. The second-order valence-electron chi connectivity index (χ2n) is 6.04. The molecule has 2 N–H and O–H groups in total. The van der Waals surface area contributed by atoms with E-state index in [1.165, 1.54) is 0 Å². The number of hydrogen-bond donors (Lipinski definition) is 2. The molecule has 0 aliphatic rings. The van der Waals surface area contributed by atoms with Gasteiger partial charge in [-0.15, -0.1) is 0 Å². The quantitative estimate of drug-likeness (QED) is 0.794. The van der Waals surface area contributed by atoms with Gasteiger partial charge in [0.2, 0.25) is 5.91 Å². The lowest BCUT2D eigenvalue weighted by Gasteiger charge is -2.25. The lowest BCUT2D eigenvalue weighted by atomic mass is 9.82. The van der Waals surface area contributed by atoms with E-state index < -0.39 is 11.4 Å². The third-order valence-electron chi connectivity index (χ3n) is 4.12. The summed E-state index contributed by atoms with van der Waals surface area (Å²) < 4.78 is 0.951. The van der Waals surface area contributed by atoms with Gasteiger partial charge in [0.15, 0.2) is 0 Å². The number of carboxylic acids is 1. The van der Waals surface area contributed by atoms with Gasteiger partial charge in [0.05, 0.1) is 6.42 Å². The maximum Gasteiger partial charge on any atom is 0.315 e. The summed E-state index contributed by atoms with van der Waals surface area (Å²) in [6.45, 7) is 3.64. The van der Waals surface area contributed by atoms with Crippen molar-refractivity contribution in [2.75, 3.05) is 6.54 Å². The highest BCUT2D eigenvalue weighted by molar-refractivity contribution is 9.10. The number of halogens is 1. The van der Waals surface area contributed by atoms with Gasteiger partial charge >= 0.3 is 5.97 Å². The molecule has 1 amide bonds. The van der Waals surface area contributed by atoms with Gasteiger partial charge in [0.1, 0.15) is 5.41 Å². The number of nitrogens with one attached hydrogen (secondary N) is 1. The van der Waals surface area contributed by atoms with Gasteiger partial charge in [-0.1, -0.05) is 58.4 Å². The van der Waals surface area contributed by atoms with E-state index in [2.05, 4.69) is 21.2 Å². The van der Waals surface area contributed by atoms with Crippen molar-refractivity contribution in [3.8, 4) is 0 Å². The summed E-state index contributed by atoms with van der Waals surface area (Å²) in [6, 6.07) is 14.7. The third-order valence-corrected chi connectivity index (χ3v) is 4.98. The number of aliphatic carboxylic acids is 1. The largest absolute Gasteiger partial charge is 0.481 e. The molecule has 2 aromatic carbocycles. The fourth-order valence-corrected chi connectivity index (χ4v) is 2.80. The Kier molecular flexibility index (Phi) is 5.78. The number of aryl methyl sites for hydroxylation is 1. The fraction of sp³-hybridized carbons (Fsp3) is 0.263. The van der Waals surface area contributed by atoms with Crippen LogP contribution >= 0.6 is 15.9 Å². The maximum absolute atomic E-state index is 12.2. The minimum absolute atomic E-state index is 0.0399. The fourth-order valence-electron chi connectivity index (χ4n) is 2.38. The Bertz CT molecular complexity index is 746. The molecular formula is C19H20BrNO3. The summed E-state index contributed by atoms with van der Waals surface area (Å²) in [6.07, 6.45) is 0.212. The molecule has 1 unspecified atom stereocenters. The number of carbonyl (C=O) groups excluding carboxylic acids is 1. The molecule has 0 saturated heterocycles. The SMILES string of the molecule is Cc1ccc(CC(=O)NCC(C)(C(=O)O)c2ccccc2)cc1Br. The first-order chi connectivity index (χ1) is 11.3. The molecule has 0 bridgehead atoms. The predicted octanol–water partition coefficient (Wildman–Crippen LogP) is 3.46. The Morgan fingerprint density at radius 3 is 2.42 bits per heavy atom. The zero-order valence-electron chi connectivity index (χ0n) is 13.7. The van der Waals surface area contributed by atoms with E-state index in [9.17, 15) is 14.7 Å². The molecule has 0 radical (unpaired) electrons. The molecule has 5 heteroatoms. The summed E-state index contributed by atoms with van der Waals surface area (Å²) in [5.41, 5.74) is 1.48. The molecule has 2 aromatic rings. The van der Waals surface area contributed by atoms with Crippen LogP contribution in [0.15, 0.2) is 53.0 Å². The maximum atomic E-state index is 12.2. The Morgan fingerprint density at radius 1 is 1.17 bits per heavy atom. The normalized spacial score (nSPS) is 13.1. The van der Waals surface area contributed by atoms with Crippen LogP contribution in [0.2, 0.25) is 0 Å². The molecule has 0 fully saturated rings. The van der Waals surface area contributed by atoms with Gasteiger partial charge in [-0.2, -0.15) is 0 Å². The number of benzene rings is 2. The Morgan fingerprint density at radius 2 is 1.83 bits per heavy atom. The lowest BCUT2D eigenvalue weighted by molar-refractivity contribution is -0.143. The van der Waals surface area contributed by atoms with E-state index in [0.717, 1.165) is 15.6 Å². The zero-order valence-corrected chi connectivity index (χ0v) is 15.3. The van der Waals surface area contributed by atoms with Gasteiger partial charge in [-0.05, 0) is 36.6 Å². The lowest BCUT2D eigenvalue weighted by Crippen LogP contribution is -2.44. The van der Waals surface area contributed by atoms with Gasteiger partial charge in [-0.3, -0.25) is 9.59 Å². The van der Waals surface area contributed by atoms with Crippen molar-refractivity contribution in [1.29, 1.82) is 0 Å². The average Bonchev–Trinajstić information content (AvgIpc) is 2.56. The monoisotopic (exact) mass is 389 g/mol. The van der Waals surface area contributed by atoms with Gasteiger partial charge in [-0.25, -0.2) is 0 Å². The van der Waals surface area contributed by atoms with Gasteiger partial charge < -0.3 is 10.4 Å². The number of amides is 1. The standard InChI is InChI=1S/C19H20BrNO3/c1-13-8-9-14(10-16(13)20)11-17(22)21-12-19(2,18(23)24)15-6-4-3-5-7-15/h3-10H,11-12H2,1-2H3,(H,21,22)(H,23,24). The summed E-state index contributed by atoms with van der Waals surface area (Å²) >= 11 is 3.45. The number of carboxylic acid groups (broad SMARTS) is 1. The number of rotatable bonds is 6. The van der Waals surface area contributed by atoms with Crippen molar-refractivity contribution in [2.24, 2.45) is 0 Å². The molecule has 0 heterocycles. The van der Waals surface area contributed by atoms with Crippen LogP contribution in [0, 0.1) is 6.92 Å². The van der Waals surface area contributed by atoms with Gasteiger partial charge in [0, 0.05) is 11.0 Å². The van der Waals surface area contributed by atoms with Crippen LogP contribution in [0.25, 0.3) is 0 Å². The van der Waals surface area contributed by atoms with Crippen LogP contribution in [0.3, 0.4) is 0 Å². The highest BCUT2D eigenvalue weighted by atomic mass is 79.9. The van der Waals surface area contributed by atoms with Crippen LogP contribution in [0.4, 0.5) is 0 Å². The highest BCUT2D eigenvalue weighted by Gasteiger charge is 2.35. The molecule has 0 saturated carbocycles. The molecule has 4 nitrogen and oxygen atoms in total. The predicted molar refractivity (Wildman–Crippen MR) is 97.0 cm³/mol. The Labute approximate surface area is 150 Å². The van der Waals surface area contributed by atoms with Crippen molar-refractivity contribution >= 4 is 27.8 Å². The van der Waals surface area contributed by atoms with E-state index in [-0.39, 0.29) is 18.9 Å². The van der Waals surface area contributed by atoms with Crippen molar-refractivity contribution < 1.29 is 14.7 Å². The molecule has 0 spiro atoms. The second kappa shape index (κ2) is 7.62. The van der Waals surface area contributed by atoms with E-state index >= 15 is 0 Å². The highest BCUT2D eigenvalue weighted by Crippen LogP contribution is 2.23. The molecule has 0 aromatic heterocycles. The number of hydrogen-bond acceptors (Lipinski definition) is 2. The molecule has 126 valence electrons. The topological polar surface area (TPSA) is 66.4 Å². The summed E-state index contributed by atoms with van der Waals surface area (Å²) in [7, 11) is 0. The zero-order chi connectivity index (χ0) is 17.7. The molecule has 0 aliphatic heterocycles. The Balaban J connectivity index is 2.05. The Hall–Kier alpha value is -2.14. The van der Waals surface area contributed by atoms with Crippen LogP contribution in [0.1, 0.15) is 23.6 Å². The molecule has 24 heavy (non-hydrogen) atoms. The van der Waals surface area contributed by atoms with E-state index in [4.69, 9.17) is 0 Å². The van der Waals surface area contributed by atoms with Crippen molar-refractivity contribution in [3.63, 3.8) is 0 Å². The third kappa shape index (κ3) is 4.23. The van der Waals surface area contributed by atoms with Crippen LogP contribution in [-0.4, -0.2) is 23.5 Å². The minimum atomic E-state index is -1.16. The molecule has 1 atom stereocenters. The molecular weight excluding hydrogens is 370 g/mol. The average molecular weight is 390 g/mol. The van der Waals surface area contributed by atoms with E-state index in [1.54, 1.807) is 31.2 Å². The first-order valence-corrected chi connectivity index (χ1v) is 8.43. The minimum Gasteiger partial charge on any atom is -0.481 e. The summed E-state index contributed by atoms with van der Waals surface area (Å²) in [5.74, 6) is -1.17.